The van der Waals surface area contributed by atoms with Crippen molar-refractivity contribution in [3.05, 3.63) is 65.3 Å². The van der Waals surface area contributed by atoms with Crippen molar-refractivity contribution in [3.63, 3.8) is 0 Å². The van der Waals surface area contributed by atoms with Crippen molar-refractivity contribution < 1.29 is 4.79 Å². The molecule has 1 aliphatic rings. The van der Waals surface area contributed by atoms with Gasteiger partial charge in [0.2, 0.25) is 0 Å². The summed E-state index contributed by atoms with van der Waals surface area (Å²) in [5, 5.41) is 2.87. The topological polar surface area (TPSA) is 80.9 Å². The number of thiazole rings is 1. The van der Waals surface area contributed by atoms with E-state index in [0.717, 1.165) is 50.0 Å². The minimum absolute atomic E-state index is 0. The molecule has 5 rings (SSSR count). The summed E-state index contributed by atoms with van der Waals surface area (Å²) in [7, 11) is 0. The van der Waals surface area contributed by atoms with Gasteiger partial charge in [0.15, 0.2) is 0 Å². The van der Waals surface area contributed by atoms with E-state index in [9.17, 15) is 4.79 Å². The standard InChI is InChI=1S/C21H16N4OS.HI/c22-20-17(13-1-3-16-14(7-13)5-6-23-21(16)26)8-15(10-24-20)12-2-4-18-19(9-12)27-11-25-18;/h1-4,7-11H,5-6H2,(H2,22,24)(H,23,26);1H. The van der Waals surface area contributed by atoms with Gasteiger partial charge < -0.3 is 11.1 Å². The third-order valence-corrected chi connectivity index (χ3v) is 5.72. The minimum Gasteiger partial charge on any atom is -0.383 e. The predicted molar refractivity (Wildman–Crippen MR) is 124 cm³/mol. The number of pyridine rings is 1. The molecule has 0 fully saturated rings. The van der Waals surface area contributed by atoms with E-state index < -0.39 is 0 Å². The zero-order chi connectivity index (χ0) is 18.4. The number of aromatic nitrogens is 2. The summed E-state index contributed by atoms with van der Waals surface area (Å²) >= 11 is 1.62. The molecule has 1 aliphatic heterocycles. The number of carbonyl (C=O) groups excluding carboxylic acids is 1. The molecular weight excluding hydrogens is 483 g/mol. The van der Waals surface area contributed by atoms with Crippen LogP contribution in [-0.2, 0) is 6.42 Å². The van der Waals surface area contributed by atoms with Crippen molar-refractivity contribution in [2.45, 2.75) is 6.42 Å². The molecule has 0 saturated carbocycles. The van der Waals surface area contributed by atoms with E-state index in [-0.39, 0.29) is 29.9 Å². The second-order valence-corrected chi connectivity index (χ2v) is 7.46. The van der Waals surface area contributed by atoms with Crippen molar-refractivity contribution in [2.75, 3.05) is 12.3 Å². The summed E-state index contributed by atoms with van der Waals surface area (Å²) in [6, 6.07) is 14.1. The van der Waals surface area contributed by atoms with E-state index in [2.05, 4.69) is 39.6 Å². The van der Waals surface area contributed by atoms with Crippen LogP contribution in [0.25, 0.3) is 32.5 Å². The number of nitrogens with zero attached hydrogens (tertiary/aromatic N) is 2. The number of nitrogens with two attached hydrogens (primary N) is 1. The lowest BCUT2D eigenvalue weighted by Gasteiger charge is -2.18. The van der Waals surface area contributed by atoms with Crippen LogP contribution < -0.4 is 11.1 Å². The summed E-state index contributed by atoms with van der Waals surface area (Å²) < 4.78 is 1.14. The Morgan fingerprint density at radius 1 is 0.964 bits per heavy atom. The maximum absolute atomic E-state index is 12.0. The number of nitrogens with one attached hydrogen (secondary N) is 1. The summed E-state index contributed by atoms with van der Waals surface area (Å²) in [5.41, 5.74) is 14.8. The SMILES string of the molecule is I.Nc1ncc(-c2ccc3ncsc3c2)cc1-c1ccc2c(c1)CCNC2=O. The molecule has 2 aromatic carbocycles. The molecule has 5 nitrogen and oxygen atoms in total. The number of amides is 1. The van der Waals surface area contributed by atoms with Crippen molar-refractivity contribution in [1.29, 1.82) is 0 Å². The zero-order valence-corrected chi connectivity index (χ0v) is 18.0. The van der Waals surface area contributed by atoms with Crippen LogP contribution in [0.4, 0.5) is 5.82 Å². The van der Waals surface area contributed by atoms with Gasteiger partial charge in [-0.05, 0) is 47.4 Å². The largest absolute Gasteiger partial charge is 0.383 e. The van der Waals surface area contributed by atoms with Crippen LogP contribution in [0.15, 0.2) is 54.2 Å². The number of carbonyl (C=O) groups is 1. The normalized spacial score (nSPS) is 12.9. The Hall–Kier alpha value is -2.52. The molecule has 0 spiro atoms. The number of hydrogen-bond donors (Lipinski definition) is 2. The lowest BCUT2D eigenvalue weighted by Crippen LogP contribution is -2.31. The van der Waals surface area contributed by atoms with Gasteiger partial charge in [-0.15, -0.1) is 35.3 Å². The maximum atomic E-state index is 12.0. The number of nitrogen functional groups attached to an aromatic ring is 1. The molecule has 3 heterocycles. The Morgan fingerprint density at radius 2 is 1.82 bits per heavy atom. The molecule has 0 unspecified atom stereocenters. The first-order valence-electron chi connectivity index (χ1n) is 8.70. The second-order valence-electron chi connectivity index (χ2n) is 6.57. The van der Waals surface area contributed by atoms with Gasteiger partial charge in [-0.25, -0.2) is 9.97 Å². The Morgan fingerprint density at radius 3 is 2.71 bits per heavy atom. The second kappa shape index (κ2) is 7.48. The van der Waals surface area contributed by atoms with Crippen LogP contribution in [-0.4, -0.2) is 22.4 Å². The van der Waals surface area contributed by atoms with Crippen LogP contribution >= 0.6 is 35.3 Å². The maximum Gasteiger partial charge on any atom is 0.251 e. The summed E-state index contributed by atoms with van der Waals surface area (Å²) in [4.78, 5) is 20.7. The molecule has 140 valence electrons. The number of rotatable bonds is 2. The third-order valence-electron chi connectivity index (χ3n) is 4.92. The highest BCUT2D eigenvalue weighted by atomic mass is 127. The Kier molecular flexibility index (Phi) is 5.03. The highest BCUT2D eigenvalue weighted by Crippen LogP contribution is 2.33. The van der Waals surface area contributed by atoms with Gasteiger partial charge >= 0.3 is 0 Å². The zero-order valence-electron chi connectivity index (χ0n) is 14.8. The van der Waals surface area contributed by atoms with Crippen LogP contribution in [0.3, 0.4) is 0 Å². The molecule has 3 N–H and O–H groups in total. The molecule has 0 aliphatic carbocycles. The molecular formula is C21H17IN4OS. The molecule has 0 radical (unpaired) electrons. The molecule has 0 atom stereocenters. The Balaban J connectivity index is 0.00000192. The van der Waals surface area contributed by atoms with Gasteiger partial charge in [0.25, 0.3) is 5.91 Å². The monoisotopic (exact) mass is 500 g/mol. The van der Waals surface area contributed by atoms with Gasteiger partial charge in [-0.2, -0.15) is 0 Å². The first kappa shape index (κ1) is 18.8. The molecule has 2 aromatic heterocycles. The fraction of sp³-hybridized carbons (Fsp3) is 0.0952. The summed E-state index contributed by atoms with van der Waals surface area (Å²) in [6.07, 6.45) is 2.62. The predicted octanol–water partition coefficient (Wildman–Crippen LogP) is 4.51. The molecule has 7 heteroatoms. The van der Waals surface area contributed by atoms with Crippen LogP contribution in [0.5, 0.6) is 0 Å². The third kappa shape index (κ3) is 3.24. The number of benzene rings is 2. The van der Waals surface area contributed by atoms with Gasteiger partial charge in [-0.3, -0.25) is 4.79 Å². The van der Waals surface area contributed by atoms with Crippen molar-refractivity contribution in [1.82, 2.24) is 15.3 Å². The Bertz CT molecular complexity index is 1200. The van der Waals surface area contributed by atoms with Crippen LogP contribution in [0.2, 0.25) is 0 Å². The summed E-state index contributed by atoms with van der Waals surface area (Å²) in [5.74, 6) is 0.471. The molecule has 1 amide bonds. The minimum atomic E-state index is -0.0134. The highest BCUT2D eigenvalue weighted by Gasteiger charge is 2.18. The molecule has 0 bridgehead atoms. The summed E-state index contributed by atoms with van der Waals surface area (Å²) in [6.45, 7) is 0.665. The molecule has 0 saturated heterocycles. The number of hydrogen-bond acceptors (Lipinski definition) is 5. The highest BCUT2D eigenvalue weighted by molar-refractivity contribution is 14.0. The van der Waals surface area contributed by atoms with E-state index in [1.807, 2.05) is 23.7 Å². The van der Waals surface area contributed by atoms with E-state index in [4.69, 9.17) is 5.73 Å². The lowest BCUT2D eigenvalue weighted by molar-refractivity contribution is 0.0946. The molecule has 28 heavy (non-hydrogen) atoms. The number of anilines is 1. The average Bonchev–Trinajstić information content (AvgIpc) is 3.16. The molecule has 4 aromatic rings. The van der Waals surface area contributed by atoms with Gasteiger partial charge in [0.05, 0.1) is 15.7 Å². The van der Waals surface area contributed by atoms with Crippen molar-refractivity contribution >= 4 is 57.3 Å². The van der Waals surface area contributed by atoms with E-state index in [0.29, 0.717) is 12.4 Å². The van der Waals surface area contributed by atoms with Crippen LogP contribution in [0, 0.1) is 0 Å². The number of fused-ring (bicyclic) bond motifs is 2. The van der Waals surface area contributed by atoms with E-state index in [1.165, 1.54) is 0 Å². The lowest BCUT2D eigenvalue weighted by atomic mass is 9.94. The smallest absolute Gasteiger partial charge is 0.251 e. The Labute approximate surface area is 183 Å². The van der Waals surface area contributed by atoms with E-state index >= 15 is 0 Å². The number of halogens is 1. The van der Waals surface area contributed by atoms with Gasteiger partial charge in [-0.1, -0.05) is 18.2 Å². The van der Waals surface area contributed by atoms with Crippen molar-refractivity contribution in [3.8, 4) is 22.3 Å². The average molecular weight is 500 g/mol. The van der Waals surface area contributed by atoms with E-state index in [1.54, 1.807) is 17.5 Å². The fourth-order valence-electron chi connectivity index (χ4n) is 3.49. The van der Waals surface area contributed by atoms with Gasteiger partial charge in [0.1, 0.15) is 5.82 Å². The fourth-order valence-corrected chi connectivity index (χ4v) is 4.21. The van der Waals surface area contributed by atoms with Crippen molar-refractivity contribution in [2.24, 2.45) is 0 Å². The van der Waals surface area contributed by atoms with Gasteiger partial charge in [0, 0.05) is 29.4 Å². The first-order valence-corrected chi connectivity index (χ1v) is 9.58. The first-order chi connectivity index (χ1) is 13.2. The van der Waals surface area contributed by atoms with Crippen LogP contribution in [0.1, 0.15) is 15.9 Å². The quantitative estimate of drug-likeness (QED) is 0.397.